The number of sulfonamides is 1. The molecule has 0 aliphatic carbocycles. The Bertz CT molecular complexity index is 1090. The highest BCUT2D eigenvalue weighted by molar-refractivity contribution is 7.89. The summed E-state index contributed by atoms with van der Waals surface area (Å²) in [5, 5.41) is 3.47. The quantitative estimate of drug-likeness (QED) is 0.522. The van der Waals surface area contributed by atoms with Crippen LogP contribution in [0, 0.1) is 6.92 Å². The number of nitrogens with zero attached hydrogens (tertiary/aromatic N) is 2. The second-order valence-electron chi connectivity index (χ2n) is 7.81. The third-order valence-electron chi connectivity index (χ3n) is 5.14. The Morgan fingerprint density at radius 1 is 1.06 bits per heavy atom. The molecule has 0 heterocycles. The summed E-state index contributed by atoms with van der Waals surface area (Å²) in [5.41, 5.74) is 1.59. The summed E-state index contributed by atoms with van der Waals surface area (Å²) in [5.74, 6) is -0.840. The van der Waals surface area contributed by atoms with Crippen molar-refractivity contribution in [3.63, 3.8) is 0 Å². The van der Waals surface area contributed by atoms with Gasteiger partial charge in [0.2, 0.25) is 21.8 Å². The molecule has 2 amide bonds. The van der Waals surface area contributed by atoms with Crippen molar-refractivity contribution in [2.75, 3.05) is 20.1 Å². The van der Waals surface area contributed by atoms with Gasteiger partial charge in [0.15, 0.2) is 0 Å². The minimum atomic E-state index is -3.88. The Balaban J connectivity index is 2.28. The molecule has 2 rings (SSSR count). The summed E-state index contributed by atoms with van der Waals surface area (Å²) in [6.07, 6.45) is 0.747. The van der Waals surface area contributed by atoms with Gasteiger partial charge >= 0.3 is 0 Å². The van der Waals surface area contributed by atoms with Gasteiger partial charge in [0, 0.05) is 20.1 Å². The van der Waals surface area contributed by atoms with E-state index in [2.05, 4.69) is 5.32 Å². The predicted molar refractivity (Wildman–Crippen MR) is 131 cm³/mol. The number of aryl methyl sites for hydroxylation is 1. The van der Waals surface area contributed by atoms with Crippen molar-refractivity contribution in [2.45, 2.75) is 44.7 Å². The molecule has 0 radical (unpaired) electrons. The van der Waals surface area contributed by atoms with Gasteiger partial charge in [-0.1, -0.05) is 53.9 Å². The van der Waals surface area contributed by atoms with Crippen molar-refractivity contribution in [1.82, 2.24) is 14.5 Å². The number of nitrogens with one attached hydrogen (secondary N) is 1. The van der Waals surface area contributed by atoms with E-state index in [0.717, 1.165) is 16.3 Å². The van der Waals surface area contributed by atoms with Gasteiger partial charge < -0.3 is 10.2 Å². The van der Waals surface area contributed by atoms with Gasteiger partial charge in [-0.3, -0.25) is 9.59 Å². The van der Waals surface area contributed by atoms with E-state index in [9.17, 15) is 18.0 Å². The first kappa shape index (κ1) is 27.1. The molecular formula is C23H29Cl2N3O4S. The lowest BCUT2D eigenvalue weighted by Gasteiger charge is -2.30. The average molecular weight is 514 g/mol. The van der Waals surface area contributed by atoms with Crippen molar-refractivity contribution in [2.24, 2.45) is 0 Å². The lowest BCUT2D eigenvalue weighted by molar-refractivity contribution is -0.140. The fourth-order valence-corrected chi connectivity index (χ4v) is 4.51. The summed E-state index contributed by atoms with van der Waals surface area (Å²) in [4.78, 5) is 27.3. The van der Waals surface area contributed by atoms with Crippen LogP contribution in [0.2, 0.25) is 10.0 Å². The van der Waals surface area contributed by atoms with E-state index in [-0.39, 0.29) is 17.3 Å². The zero-order chi connectivity index (χ0) is 24.8. The van der Waals surface area contributed by atoms with Crippen LogP contribution >= 0.6 is 23.2 Å². The Labute approximate surface area is 205 Å². The topological polar surface area (TPSA) is 86.8 Å². The van der Waals surface area contributed by atoms with Crippen LogP contribution < -0.4 is 5.32 Å². The summed E-state index contributed by atoms with van der Waals surface area (Å²) in [6.45, 7) is 5.50. The number of carbonyl (C=O) groups is 2. The van der Waals surface area contributed by atoms with E-state index in [1.807, 2.05) is 13.8 Å². The van der Waals surface area contributed by atoms with Crippen LogP contribution in [0.1, 0.15) is 31.4 Å². The molecule has 0 aromatic heterocycles. The van der Waals surface area contributed by atoms with E-state index in [0.29, 0.717) is 22.2 Å². The van der Waals surface area contributed by atoms with Crippen LogP contribution in [-0.4, -0.2) is 55.6 Å². The summed E-state index contributed by atoms with van der Waals surface area (Å²) >= 11 is 12.1. The molecule has 1 N–H and O–H groups in total. The number of benzene rings is 2. The van der Waals surface area contributed by atoms with Gasteiger partial charge in [-0.25, -0.2) is 8.42 Å². The Morgan fingerprint density at radius 3 is 2.27 bits per heavy atom. The van der Waals surface area contributed by atoms with E-state index in [4.69, 9.17) is 23.2 Å². The molecule has 0 fully saturated rings. The molecule has 0 aliphatic rings. The van der Waals surface area contributed by atoms with Gasteiger partial charge in [0.05, 0.1) is 21.5 Å². The number of likely N-dealkylation sites (N-methyl/N-ethyl adjacent to an activating group) is 1. The molecule has 33 heavy (non-hydrogen) atoms. The van der Waals surface area contributed by atoms with Gasteiger partial charge in [-0.2, -0.15) is 4.31 Å². The highest BCUT2D eigenvalue weighted by atomic mass is 35.5. The second kappa shape index (κ2) is 11.8. The maximum absolute atomic E-state index is 13.2. The molecule has 0 unspecified atom stereocenters. The van der Waals surface area contributed by atoms with Crippen LogP contribution in [0.25, 0.3) is 0 Å². The lowest BCUT2D eigenvalue weighted by Crippen LogP contribution is -2.50. The molecule has 2 aromatic carbocycles. The fourth-order valence-electron chi connectivity index (χ4n) is 3.07. The van der Waals surface area contributed by atoms with Gasteiger partial charge in [-0.15, -0.1) is 0 Å². The number of halogens is 2. The van der Waals surface area contributed by atoms with Gasteiger partial charge in [0.1, 0.15) is 6.04 Å². The molecule has 2 aromatic rings. The monoisotopic (exact) mass is 513 g/mol. The van der Waals surface area contributed by atoms with E-state index < -0.39 is 28.5 Å². The molecular weight excluding hydrogens is 485 g/mol. The zero-order valence-corrected chi connectivity index (χ0v) is 21.5. The first-order valence-electron chi connectivity index (χ1n) is 10.5. The van der Waals surface area contributed by atoms with Crippen LogP contribution in [0.5, 0.6) is 0 Å². The van der Waals surface area contributed by atoms with E-state index in [1.54, 1.807) is 37.3 Å². The maximum Gasteiger partial charge on any atom is 0.243 e. The smallest absolute Gasteiger partial charge is 0.243 e. The Morgan fingerprint density at radius 2 is 1.70 bits per heavy atom. The number of hydrogen-bond acceptors (Lipinski definition) is 4. The van der Waals surface area contributed by atoms with Crippen molar-refractivity contribution >= 4 is 45.0 Å². The molecule has 180 valence electrons. The minimum absolute atomic E-state index is 0.0643. The third kappa shape index (κ3) is 7.17. The minimum Gasteiger partial charge on any atom is -0.354 e. The number of carbonyl (C=O) groups excluding carboxylic acids is 2. The van der Waals surface area contributed by atoms with E-state index >= 15 is 0 Å². The molecule has 1 atom stereocenters. The van der Waals surface area contributed by atoms with Crippen molar-refractivity contribution < 1.29 is 18.0 Å². The van der Waals surface area contributed by atoms with Crippen LogP contribution in [0.15, 0.2) is 47.4 Å². The standard InChI is InChI=1S/C23H29Cl2N3O4S/c1-5-12-26-23(30)17(3)28(14-18-8-11-20(24)21(25)13-18)22(29)15-27(4)33(31,32)19-9-6-16(2)7-10-19/h6-11,13,17H,5,12,14-15H2,1-4H3,(H,26,30)/t17-/m0/s1. The van der Waals surface area contributed by atoms with E-state index in [1.165, 1.54) is 24.1 Å². The van der Waals surface area contributed by atoms with Crippen molar-refractivity contribution in [1.29, 1.82) is 0 Å². The Hall–Kier alpha value is -2.13. The van der Waals surface area contributed by atoms with Crippen LogP contribution in [-0.2, 0) is 26.2 Å². The number of amides is 2. The van der Waals surface area contributed by atoms with Gasteiger partial charge in [-0.05, 0) is 50.1 Å². The number of rotatable bonds is 10. The Kier molecular flexibility index (Phi) is 9.72. The van der Waals surface area contributed by atoms with Crippen LogP contribution in [0.3, 0.4) is 0 Å². The third-order valence-corrected chi connectivity index (χ3v) is 7.70. The highest BCUT2D eigenvalue weighted by Crippen LogP contribution is 2.24. The average Bonchev–Trinajstić information content (AvgIpc) is 2.77. The molecule has 0 saturated carbocycles. The predicted octanol–water partition coefficient (Wildman–Crippen LogP) is 3.87. The SMILES string of the molecule is CCCNC(=O)[C@H](C)N(Cc1ccc(Cl)c(Cl)c1)C(=O)CN(C)S(=O)(=O)c1ccc(C)cc1. The normalized spacial score (nSPS) is 12.5. The summed E-state index contributed by atoms with van der Waals surface area (Å²) in [6, 6.07) is 10.5. The first-order chi connectivity index (χ1) is 15.5. The van der Waals surface area contributed by atoms with Crippen LogP contribution in [0.4, 0.5) is 0 Å². The summed E-state index contributed by atoms with van der Waals surface area (Å²) < 4.78 is 26.8. The first-order valence-corrected chi connectivity index (χ1v) is 12.7. The largest absolute Gasteiger partial charge is 0.354 e. The highest BCUT2D eigenvalue weighted by Gasteiger charge is 2.30. The lowest BCUT2D eigenvalue weighted by atomic mass is 10.1. The molecule has 10 heteroatoms. The fraction of sp³-hybridized carbons (Fsp3) is 0.391. The molecule has 0 spiro atoms. The molecule has 0 aliphatic heterocycles. The molecule has 0 saturated heterocycles. The van der Waals surface area contributed by atoms with Crippen molar-refractivity contribution in [3.8, 4) is 0 Å². The molecule has 0 bridgehead atoms. The van der Waals surface area contributed by atoms with Crippen molar-refractivity contribution in [3.05, 3.63) is 63.6 Å². The maximum atomic E-state index is 13.2. The zero-order valence-electron chi connectivity index (χ0n) is 19.1. The molecule has 7 nitrogen and oxygen atoms in total. The second-order valence-corrected chi connectivity index (χ2v) is 10.7. The number of hydrogen-bond donors (Lipinski definition) is 1. The van der Waals surface area contributed by atoms with Gasteiger partial charge in [0.25, 0.3) is 0 Å². The summed E-state index contributed by atoms with van der Waals surface area (Å²) in [7, 11) is -2.54.